The highest BCUT2D eigenvalue weighted by atomic mass is 16.5. The van der Waals surface area contributed by atoms with Crippen LogP contribution in [0.15, 0.2) is 18.2 Å². The van der Waals surface area contributed by atoms with Crippen LogP contribution in [-0.4, -0.2) is 68.4 Å². The molecule has 3 amide bonds. The number of benzene rings is 1. The van der Waals surface area contributed by atoms with Crippen LogP contribution in [0.4, 0.5) is 5.69 Å². The average molecular weight is 405 g/mol. The molecule has 1 heterocycles. The van der Waals surface area contributed by atoms with Crippen molar-refractivity contribution in [2.75, 3.05) is 39.2 Å². The van der Waals surface area contributed by atoms with Crippen LogP contribution in [0.1, 0.15) is 40.0 Å². The maximum absolute atomic E-state index is 12.2. The Balaban J connectivity index is 1.96. The van der Waals surface area contributed by atoms with E-state index < -0.39 is 23.8 Å². The summed E-state index contributed by atoms with van der Waals surface area (Å²) in [5.74, 6) is -3.23. The van der Waals surface area contributed by atoms with Crippen LogP contribution >= 0.6 is 0 Å². The predicted molar refractivity (Wildman–Crippen MR) is 101 cm³/mol. The highest BCUT2D eigenvalue weighted by Gasteiger charge is 2.21. The fourth-order valence-corrected chi connectivity index (χ4v) is 2.85. The third kappa shape index (κ3) is 5.77. The number of nitrogens with zero attached hydrogens (tertiary/aromatic N) is 1. The van der Waals surface area contributed by atoms with Crippen LogP contribution < -0.4 is 10.6 Å². The van der Waals surface area contributed by atoms with Gasteiger partial charge in [-0.1, -0.05) is 0 Å². The Labute approximate surface area is 167 Å². The van der Waals surface area contributed by atoms with E-state index in [-0.39, 0.29) is 29.3 Å². The van der Waals surface area contributed by atoms with Crippen molar-refractivity contribution in [2.24, 2.45) is 0 Å². The van der Waals surface area contributed by atoms with Crippen molar-refractivity contribution in [2.45, 2.75) is 19.3 Å². The molecular formula is C19H23N3O7. The molecule has 156 valence electrons. The van der Waals surface area contributed by atoms with E-state index in [1.165, 1.54) is 32.4 Å². The number of ether oxygens (including phenoxy) is 2. The summed E-state index contributed by atoms with van der Waals surface area (Å²) in [5.41, 5.74) is 0.0163. The summed E-state index contributed by atoms with van der Waals surface area (Å²) in [6.45, 7) is 1.43. The van der Waals surface area contributed by atoms with Gasteiger partial charge in [-0.2, -0.15) is 0 Å². The Hall–Kier alpha value is -3.43. The van der Waals surface area contributed by atoms with E-state index in [1.54, 1.807) is 4.90 Å². The Bertz CT molecular complexity index is 822. The van der Waals surface area contributed by atoms with Crippen LogP contribution in [-0.2, 0) is 23.9 Å². The molecule has 0 spiro atoms. The standard InChI is InChI=1S/C19H23N3O7/c1-28-18(26)12-6-7-13(19(27)29-2)14(11-12)21-17(25)16(24)20-8-4-10-22-9-3-5-15(22)23/h6-7,11H,3-5,8-10H2,1-2H3,(H,20,24)(H,21,25). The topological polar surface area (TPSA) is 131 Å². The fraction of sp³-hybridized carbons (Fsp3) is 0.421. The zero-order valence-corrected chi connectivity index (χ0v) is 16.3. The van der Waals surface area contributed by atoms with E-state index in [2.05, 4.69) is 20.1 Å². The van der Waals surface area contributed by atoms with E-state index in [9.17, 15) is 24.0 Å². The van der Waals surface area contributed by atoms with Crippen molar-refractivity contribution in [3.05, 3.63) is 29.3 Å². The molecule has 1 aromatic carbocycles. The smallest absolute Gasteiger partial charge is 0.339 e. The number of hydrogen-bond acceptors (Lipinski definition) is 7. The molecule has 0 bridgehead atoms. The number of methoxy groups -OCH3 is 2. The molecule has 0 atom stereocenters. The number of hydrogen-bond donors (Lipinski definition) is 2. The van der Waals surface area contributed by atoms with Crippen LogP contribution in [0.2, 0.25) is 0 Å². The minimum atomic E-state index is -1.01. The van der Waals surface area contributed by atoms with E-state index in [0.29, 0.717) is 25.9 Å². The Kier molecular flexibility index (Phi) is 7.70. The van der Waals surface area contributed by atoms with Gasteiger partial charge in [0.1, 0.15) is 0 Å². The summed E-state index contributed by atoms with van der Waals surface area (Å²) in [6.07, 6.45) is 1.89. The summed E-state index contributed by atoms with van der Waals surface area (Å²) in [6, 6.07) is 3.86. The second kappa shape index (κ2) is 10.2. The second-order valence-electron chi connectivity index (χ2n) is 6.29. The first-order chi connectivity index (χ1) is 13.9. The minimum Gasteiger partial charge on any atom is -0.465 e. The molecule has 0 aliphatic carbocycles. The number of rotatable bonds is 7. The Morgan fingerprint density at radius 1 is 1.07 bits per heavy atom. The molecule has 0 radical (unpaired) electrons. The first-order valence-electron chi connectivity index (χ1n) is 9.05. The molecule has 29 heavy (non-hydrogen) atoms. The fourth-order valence-electron chi connectivity index (χ4n) is 2.85. The molecule has 2 N–H and O–H groups in total. The van der Waals surface area contributed by atoms with Gasteiger partial charge >= 0.3 is 23.8 Å². The van der Waals surface area contributed by atoms with Gasteiger partial charge in [-0.25, -0.2) is 9.59 Å². The third-order valence-corrected chi connectivity index (χ3v) is 4.36. The Morgan fingerprint density at radius 3 is 2.41 bits per heavy atom. The van der Waals surface area contributed by atoms with Gasteiger partial charge in [-0.3, -0.25) is 14.4 Å². The van der Waals surface area contributed by atoms with Gasteiger partial charge in [0.25, 0.3) is 0 Å². The molecule has 0 saturated carbocycles. The van der Waals surface area contributed by atoms with E-state index in [1.807, 2.05) is 0 Å². The van der Waals surface area contributed by atoms with Gasteiger partial charge in [-0.15, -0.1) is 0 Å². The molecular weight excluding hydrogens is 382 g/mol. The number of carbonyl (C=O) groups is 5. The van der Waals surface area contributed by atoms with Gasteiger partial charge in [0, 0.05) is 26.1 Å². The zero-order valence-electron chi connectivity index (χ0n) is 16.3. The van der Waals surface area contributed by atoms with Gasteiger partial charge in [0.15, 0.2) is 0 Å². The first-order valence-corrected chi connectivity index (χ1v) is 9.05. The van der Waals surface area contributed by atoms with Crippen LogP contribution in [0, 0.1) is 0 Å². The van der Waals surface area contributed by atoms with Crippen molar-refractivity contribution >= 4 is 35.3 Å². The monoisotopic (exact) mass is 405 g/mol. The second-order valence-corrected chi connectivity index (χ2v) is 6.29. The Morgan fingerprint density at radius 2 is 1.79 bits per heavy atom. The van der Waals surface area contributed by atoms with Gasteiger partial charge < -0.3 is 25.0 Å². The third-order valence-electron chi connectivity index (χ3n) is 4.36. The van der Waals surface area contributed by atoms with E-state index in [0.717, 1.165) is 6.42 Å². The number of likely N-dealkylation sites (tertiary alicyclic amines) is 1. The maximum Gasteiger partial charge on any atom is 0.339 e. The van der Waals surface area contributed by atoms with E-state index >= 15 is 0 Å². The summed E-state index contributed by atoms with van der Waals surface area (Å²) in [4.78, 5) is 61.0. The van der Waals surface area contributed by atoms with Crippen LogP contribution in [0.25, 0.3) is 0 Å². The number of anilines is 1. The maximum atomic E-state index is 12.2. The molecule has 1 fully saturated rings. The average Bonchev–Trinajstić information content (AvgIpc) is 3.14. The molecule has 0 aromatic heterocycles. The van der Waals surface area contributed by atoms with E-state index in [4.69, 9.17) is 0 Å². The normalized spacial score (nSPS) is 13.0. The molecule has 1 saturated heterocycles. The molecule has 0 unspecified atom stereocenters. The number of amides is 3. The number of carbonyl (C=O) groups excluding carboxylic acids is 5. The van der Waals surface area contributed by atoms with Crippen molar-refractivity contribution in [3.8, 4) is 0 Å². The summed E-state index contributed by atoms with van der Waals surface area (Å²) in [7, 11) is 2.36. The number of nitrogens with one attached hydrogen (secondary N) is 2. The quantitative estimate of drug-likeness (QED) is 0.380. The highest BCUT2D eigenvalue weighted by Crippen LogP contribution is 2.19. The molecule has 1 aliphatic rings. The minimum absolute atomic E-state index is 0.0196. The zero-order chi connectivity index (χ0) is 21.4. The lowest BCUT2D eigenvalue weighted by atomic mass is 10.1. The van der Waals surface area contributed by atoms with Gasteiger partial charge in [0.05, 0.1) is 31.0 Å². The summed E-state index contributed by atoms with van der Waals surface area (Å²) in [5, 5.41) is 4.77. The van der Waals surface area contributed by atoms with Crippen molar-refractivity contribution < 1.29 is 33.4 Å². The van der Waals surface area contributed by atoms with Crippen molar-refractivity contribution in [3.63, 3.8) is 0 Å². The largest absolute Gasteiger partial charge is 0.465 e. The molecule has 10 nitrogen and oxygen atoms in total. The summed E-state index contributed by atoms with van der Waals surface area (Å²) < 4.78 is 9.25. The first kappa shape index (κ1) is 21.9. The lowest BCUT2D eigenvalue weighted by molar-refractivity contribution is -0.136. The number of esters is 2. The van der Waals surface area contributed by atoms with Gasteiger partial charge in [0.2, 0.25) is 5.91 Å². The molecule has 1 aliphatic heterocycles. The highest BCUT2D eigenvalue weighted by molar-refractivity contribution is 6.40. The molecule has 2 rings (SSSR count). The summed E-state index contributed by atoms with van der Waals surface area (Å²) >= 11 is 0. The lowest BCUT2D eigenvalue weighted by Crippen LogP contribution is -2.37. The van der Waals surface area contributed by atoms with Crippen LogP contribution in [0.5, 0.6) is 0 Å². The SMILES string of the molecule is COC(=O)c1ccc(C(=O)OC)c(NC(=O)C(=O)NCCCN2CCCC2=O)c1. The molecule has 10 heteroatoms. The van der Waals surface area contributed by atoms with Crippen molar-refractivity contribution in [1.29, 1.82) is 0 Å². The lowest BCUT2D eigenvalue weighted by Gasteiger charge is -2.15. The predicted octanol–water partition coefficient (Wildman–Crippen LogP) is 0.327. The van der Waals surface area contributed by atoms with Crippen LogP contribution in [0.3, 0.4) is 0 Å². The van der Waals surface area contributed by atoms with Gasteiger partial charge in [-0.05, 0) is 31.0 Å². The van der Waals surface area contributed by atoms with Crippen molar-refractivity contribution in [1.82, 2.24) is 10.2 Å². The molecule has 1 aromatic rings.